The molecule has 0 spiro atoms. The lowest BCUT2D eigenvalue weighted by Crippen LogP contribution is -1.97. The summed E-state index contributed by atoms with van der Waals surface area (Å²) in [5.41, 5.74) is 2.44. The first-order chi connectivity index (χ1) is 5.79. The van der Waals surface area contributed by atoms with Crippen molar-refractivity contribution in [1.82, 2.24) is 9.61 Å². The smallest absolute Gasteiger partial charge is 0.0650 e. The number of aromatic nitrogens is 2. The van der Waals surface area contributed by atoms with Gasteiger partial charge in [0, 0.05) is 11.9 Å². The van der Waals surface area contributed by atoms with Gasteiger partial charge in [-0.25, -0.2) is 4.52 Å². The summed E-state index contributed by atoms with van der Waals surface area (Å²) in [7, 11) is 0. The topological polar surface area (TPSA) is 17.3 Å². The summed E-state index contributed by atoms with van der Waals surface area (Å²) in [6.07, 6.45) is 1.82. The quantitative estimate of drug-likeness (QED) is 0.626. The Morgan fingerprint density at radius 1 is 1.25 bits per heavy atom. The second kappa shape index (κ2) is 2.63. The first kappa shape index (κ1) is 7.35. The Bertz CT molecular complexity index is 387. The van der Waals surface area contributed by atoms with Crippen LogP contribution in [0.3, 0.4) is 0 Å². The second-order valence-electron chi connectivity index (χ2n) is 3.27. The molecule has 0 atom stereocenters. The molecule has 2 aromatic rings. The fourth-order valence-corrected chi connectivity index (χ4v) is 1.40. The highest BCUT2D eigenvalue weighted by molar-refractivity contribution is 5.48. The van der Waals surface area contributed by atoms with Gasteiger partial charge in [0.2, 0.25) is 0 Å². The first-order valence-electron chi connectivity index (χ1n) is 4.21. The van der Waals surface area contributed by atoms with Crippen LogP contribution in [0.15, 0.2) is 30.5 Å². The molecule has 2 rings (SSSR count). The summed E-state index contributed by atoms with van der Waals surface area (Å²) in [5.74, 6) is 0.530. The molecular weight excluding hydrogens is 148 g/mol. The van der Waals surface area contributed by atoms with Crippen LogP contribution >= 0.6 is 0 Å². The van der Waals surface area contributed by atoms with E-state index in [-0.39, 0.29) is 0 Å². The monoisotopic (exact) mass is 160 g/mol. The molecule has 0 N–H and O–H groups in total. The average molecular weight is 160 g/mol. The standard InChI is InChI=1S/C10H12N2/c1-8(2)10-6-5-9-4-3-7-11-12(9)10/h3-8H,1-2H3. The molecule has 0 aliphatic heterocycles. The average Bonchev–Trinajstić information content (AvgIpc) is 2.47. The van der Waals surface area contributed by atoms with Crippen LogP contribution in [0.2, 0.25) is 0 Å². The molecule has 2 nitrogen and oxygen atoms in total. The summed E-state index contributed by atoms with van der Waals surface area (Å²) in [6, 6.07) is 8.26. The van der Waals surface area contributed by atoms with Gasteiger partial charge in [-0.05, 0) is 30.2 Å². The highest BCUT2D eigenvalue weighted by Crippen LogP contribution is 2.16. The molecule has 0 bridgehead atoms. The van der Waals surface area contributed by atoms with E-state index in [9.17, 15) is 0 Å². The molecule has 0 amide bonds. The number of hydrogen-bond donors (Lipinski definition) is 0. The number of rotatable bonds is 1. The van der Waals surface area contributed by atoms with Crippen molar-refractivity contribution in [3.8, 4) is 0 Å². The van der Waals surface area contributed by atoms with Crippen molar-refractivity contribution in [2.75, 3.05) is 0 Å². The summed E-state index contributed by atoms with van der Waals surface area (Å²) < 4.78 is 1.99. The van der Waals surface area contributed by atoms with Gasteiger partial charge in [0.1, 0.15) is 0 Å². The van der Waals surface area contributed by atoms with Gasteiger partial charge in [-0.15, -0.1) is 0 Å². The predicted molar refractivity (Wildman–Crippen MR) is 49.3 cm³/mol. The zero-order chi connectivity index (χ0) is 8.55. The van der Waals surface area contributed by atoms with Crippen LogP contribution < -0.4 is 0 Å². The maximum Gasteiger partial charge on any atom is 0.0650 e. The van der Waals surface area contributed by atoms with Crippen molar-refractivity contribution >= 4 is 5.52 Å². The van der Waals surface area contributed by atoms with Crippen LogP contribution in [-0.4, -0.2) is 9.61 Å². The molecule has 0 saturated carbocycles. The zero-order valence-corrected chi connectivity index (χ0v) is 7.36. The van der Waals surface area contributed by atoms with Crippen molar-refractivity contribution < 1.29 is 0 Å². The second-order valence-corrected chi connectivity index (χ2v) is 3.27. The van der Waals surface area contributed by atoms with Gasteiger partial charge in [0.05, 0.1) is 5.52 Å². The third-order valence-corrected chi connectivity index (χ3v) is 2.04. The lowest BCUT2D eigenvalue weighted by Gasteiger charge is -2.03. The SMILES string of the molecule is CC(C)c1ccc2cccnn12. The van der Waals surface area contributed by atoms with Gasteiger partial charge in [-0.1, -0.05) is 13.8 Å². The number of hydrogen-bond acceptors (Lipinski definition) is 1. The lowest BCUT2D eigenvalue weighted by molar-refractivity contribution is 0.759. The van der Waals surface area contributed by atoms with Crippen molar-refractivity contribution in [3.63, 3.8) is 0 Å². The van der Waals surface area contributed by atoms with Crippen molar-refractivity contribution in [2.45, 2.75) is 19.8 Å². The number of fused-ring (bicyclic) bond motifs is 1. The van der Waals surface area contributed by atoms with Crippen molar-refractivity contribution in [3.05, 3.63) is 36.2 Å². The molecule has 62 valence electrons. The van der Waals surface area contributed by atoms with Crippen LogP contribution in [0.5, 0.6) is 0 Å². The fraction of sp³-hybridized carbons (Fsp3) is 0.300. The molecule has 0 unspecified atom stereocenters. The van der Waals surface area contributed by atoms with E-state index < -0.39 is 0 Å². The molecule has 2 heteroatoms. The van der Waals surface area contributed by atoms with Gasteiger partial charge in [0.15, 0.2) is 0 Å². The Hall–Kier alpha value is -1.31. The summed E-state index contributed by atoms with van der Waals surface area (Å²) >= 11 is 0. The summed E-state index contributed by atoms with van der Waals surface area (Å²) in [4.78, 5) is 0. The Labute approximate surface area is 71.8 Å². The zero-order valence-electron chi connectivity index (χ0n) is 7.36. The van der Waals surface area contributed by atoms with Gasteiger partial charge in [-0.3, -0.25) is 0 Å². The van der Waals surface area contributed by atoms with Crippen LogP contribution in [0.4, 0.5) is 0 Å². The normalized spacial score (nSPS) is 11.2. The Morgan fingerprint density at radius 3 is 2.83 bits per heavy atom. The van der Waals surface area contributed by atoms with E-state index >= 15 is 0 Å². The van der Waals surface area contributed by atoms with Gasteiger partial charge in [-0.2, -0.15) is 5.10 Å². The Balaban J connectivity index is 2.70. The molecule has 0 fully saturated rings. The molecule has 12 heavy (non-hydrogen) atoms. The lowest BCUT2D eigenvalue weighted by atomic mass is 10.1. The van der Waals surface area contributed by atoms with Crippen LogP contribution in [0.25, 0.3) is 5.52 Å². The minimum absolute atomic E-state index is 0.530. The Morgan fingerprint density at radius 2 is 2.08 bits per heavy atom. The maximum atomic E-state index is 4.28. The number of nitrogens with zero attached hydrogens (tertiary/aromatic N) is 2. The van der Waals surface area contributed by atoms with E-state index in [1.54, 1.807) is 0 Å². The summed E-state index contributed by atoms with van der Waals surface area (Å²) in [5, 5.41) is 4.28. The molecule has 0 aliphatic carbocycles. The molecule has 0 saturated heterocycles. The third-order valence-electron chi connectivity index (χ3n) is 2.04. The fourth-order valence-electron chi connectivity index (χ4n) is 1.40. The molecule has 2 heterocycles. The van der Waals surface area contributed by atoms with E-state index in [4.69, 9.17) is 0 Å². The molecule has 2 aromatic heterocycles. The highest BCUT2D eigenvalue weighted by atomic mass is 15.2. The van der Waals surface area contributed by atoms with Crippen molar-refractivity contribution in [2.24, 2.45) is 0 Å². The Kier molecular flexibility index (Phi) is 1.61. The van der Waals surface area contributed by atoms with Crippen LogP contribution in [0, 0.1) is 0 Å². The van der Waals surface area contributed by atoms with Crippen LogP contribution in [0.1, 0.15) is 25.5 Å². The minimum Gasteiger partial charge on any atom is -0.238 e. The van der Waals surface area contributed by atoms with Crippen molar-refractivity contribution in [1.29, 1.82) is 0 Å². The van der Waals surface area contributed by atoms with E-state index in [0.717, 1.165) is 0 Å². The van der Waals surface area contributed by atoms with E-state index in [2.05, 4.69) is 37.1 Å². The predicted octanol–water partition coefficient (Wildman–Crippen LogP) is 2.46. The molecular formula is C10H12N2. The van der Waals surface area contributed by atoms with Crippen LogP contribution in [-0.2, 0) is 0 Å². The summed E-state index contributed by atoms with van der Waals surface area (Å²) in [6.45, 7) is 4.35. The van der Waals surface area contributed by atoms with Gasteiger partial charge >= 0.3 is 0 Å². The van der Waals surface area contributed by atoms with Gasteiger partial charge in [0.25, 0.3) is 0 Å². The maximum absolute atomic E-state index is 4.28. The van der Waals surface area contributed by atoms with E-state index in [0.29, 0.717) is 5.92 Å². The third kappa shape index (κ3) is 0.998. The molecule has 0 radical (unpaired) electrons. The first-order valence-corrected chi connectivity index (χ1v) is 4.21. The molecule has 0 aromatic carbocycles. The molecule has 0 aliphatic rings. The van der Waals surface area contributed by atoms with E-state index in [1.807, 2.05) is 16.8 Å². The largest absolute Gasteiger partial charge is 0.238 e. The highest BCUT2D eigenvalue weighted by Gasteiger charge is 2.04. The van der Waals surface area contributed by atoms with Gasteiger partial charge < -0.3 is 0 Å². The van der Waals surface area contributed by atoms with E-state index in [1.165, 1.54) is 11.2 Å². The minimum atomic E-state index is 0.530.